The van der Waals surface area contributed by atoms with Crippen LogP contribution in [0.5, 0.6) is 0 Å². The Labute approximate surface area is 92.3 Å². The molecular formula is C13H19Cl. The summed E-state index contributed by atoms with van der Waals surface area (Å²) >= 11 is 6.11. The van der Waals surface area contributed by atoms with Crippen LogP contribution in [0.4, 0.5) is 0 Å². The van der Waals surface area contributed by atoms with Gasteiger partial charge >= 0.3 is 0 Å². The van der Waals surface area contributed by atoms with Crippen LogP contribution in [0.25, 0.3) is 0 Å². The average Bonchev–Trinajstić information content (AvgIpc) is 2.07. The number of hydrogen-bond donors (Lipinski definition) is 0. The summed E-state index contributed by atoms with van der Waals surface area (Å²) in [5.41, 5.74) is 4.15. The fourth-order valence-corrected chi connectivity index (χ4v) is 2.16. The van der Waals surface area contributed by atoms with E-state index < -0.39 is 0 Å². The van der Waals surface area contributed by atoms with E-state index in [1.165, 1.54) is 16.7 Å². The fraction of sp³-hybridized carbons (Fsp3) is 0.538. The largest absolute Gasteiger partial charge is 0.0843 e. The maximum Gasteiger partial charge on any atom is 0.0411 e. The molecule has 0 amide bonds. The topological polar surface area (TPSA) is 0 Å². The Bertz CT molecular complexity index is 295. The van der Waals surface area contributed by atoms with Gasteiger partial charge in [0, 0.05) is 5.02 Å². The van der Waals surface area contributed by atoms with Crippen LogP contribution in [0.2, 0.25) is 5.02 Å². The van der Waals surface area contributed by atoms with Crippen LogP contribution in [0, 0.1) is 6.92 Å². The van der Waals surface area contributed by atoms with Crippen molar-refractivity contribution in [3.05, 3.63) is 33.8 Å². The Hall–Kier alpha value is -0.490. The molecular weight excluding hydrogens is 192 g/mol. The van der Waals surface area contributed by atoms with Crippen molar-refractivity contribution >= 4 is 11.6 Å². The highest BCUT2D eigenvalue weighted by molar-refractivity contribution is 6.30. The Morgan fingerprint density at radius 1 is 0.929 bits per heavy atom. The zero-order chi connectivity index (χ0) is 10.9. The molecule has 0 aliphatic heterocycles. The maximum absolute atomic E-state index is 6.11. The summed E-state index contributed by atoms with van der Waals surface area (Å²) in [6.45, 7) is 11.0. The van der Waals surface area contributed by atoms with Crippen molar-refractivity contribution in [3.63, 3.8) is 0 Å². The van der Waals surface area contributed by atoms with E-state index in [4.69, 9.17) is 11.6 Å². The minimum Gasteiger partial charge on any atom is -0.0843 e. The van der Waals surface area contributed by atoms with Gasteiger partial charge in [0.2, 0.25) is 0 Å². The summed E-state index contributed by atoms with van der Waals surface area (Å²) in [5, 5.41) is 0.864. The van der Waals surface area contributed by atoms with E-state index >= 15 is 0 Å². The highest BCUT2D eigenvalue weighted by Gasteiger charge is 2.11. The molecule has 0 aliphatic rings. The summed E-state index contributed by atoms with van der Waals surface area (Å²) in [7, 11) is 0. The normalized spacial score (nSPS) is 11.4. The maximum atomic E-state index is 6.11. The molecule has 0 heterocycles. The summed E-state index contributed by atoms with van der Waals surface area (Å²) in [4.78, 5) is 0. The van der Waals surface area contributed by atoms with E-state index in [1.54, 1.807) is 0 Å². The fourth-order valence-electron chi connectivity index (χ4n) is 1.92. The molecule has 1 heteroatoms. The van der Waals surface area contributed by atoms with Crippen LogP contribution >= 0.6 is 11.6 Å². The lowest BCUT2D eigenvalue weighted by molar-refractivity contribution is 0.817. The van der Waals surface area contributed by atoms with Crippen molar-refractivity contribution in [1.82, 2.24) is 0 Å². The van der Waals surface area contributed by atoms with E-state index in [0.717, 1.165) is 5.02 Å². The van der Waals surface area contributed by atoms with Gasteiger partial charge in [0.15, 0.2) is 0 Å². The standard InChI is InChI=1S/C13H19Cl/c1-8(2)12-6-11(14)7-13(9(3)4)10(12)5/h6-9H,1-5H3. The smallest absolute Gasteiger partial charge is 0.0411 e. The Morgan fingerprint density at radius 2 is 1.29 bits per heavy atom. The van der Waals surface area contributed by atoms with Crippen molar-refractivity contribution in [2.75, 3.05) is 0 Å². The highest BCUT2D eigenvalue weighted by atomic mass is 35.5. The number of benzene rings is 1. The van der Waals surface area contributed by atoms with E-state index in [9.17, 15) is 0 Å². The lowest BCUT2D eigenvalue weighted by Crippen LogP contribution is -1.99. The molecule has 0 saturated carbocycles. The average molecular weight is 211 g/mol. The molecule has 0 N–H and O–H groups in total. The van der Waals surface area contributed by atoms with Crippen LogP contribution < -0.4 is 0 Å². The molecule has 0 atom stereocenters. The zero-order valence-electron chi connectivity index (χ0n) is 9.69. The van der Waals surface area contributed by atoms with E-state index in [1.807, 2.05) is 0 Å². The molecule has 0 aromatic heterocycles. The van der Waals surface area contributed by atoms with Crippen LogP contribution in [0.15, 0.2) is 12.1 Å². The lowest BCUT2D eigenvalue weighted by atomic mass is 9.90. The molecule has 78 valence electrons. The molecule has 0 radical (unpaired) electrons. The third kappa shape index (κ3) is 2.30. The predicted octanol–water partition coefficient (Wildman–Crippen LogP) is 4.90. The van der Waals surface area contributed by atoms with E-state index in [0.29, 0.717) is 11.8 Å². The zero-order valence-corrected chi connectivity index (χ0v) is 10.4. The molecule has 1 aromatic rings. The highest BCUT2D eigenvalue weighted by Crippen LogP contribution is 2.30. The van der Waals surface area contributed by atoms with Gasteiger partial charge in [-0.25, -0.2) is 0 Å². The molecule has 0 bridgehead atoms. The molecule has 1 aromatic carbocycles. The molecule has 0 nitrogen and oxygen atoms in total. The monoisotopic (exact) mass is 210 g/mol. The molecule has 0 saturated heterocycles. The third-order valence-electron chi connectivity index (χ3n) is 2.70. The number of hydrogen-bond acceptors (Lipinski definition) is 0. The van der Waals surface area contributed by atoms with Crippen molar-refractivity contribution in [2.45, 2.75) is 46.5 Å². The van der Waals surface area contributed by atoms with Gasteiger partial charge in [0.25, 0.3) is 0 Å². The summed E-state index contributed by atoms with van der Waals surface area (Å²) in [5.74, 6) is 1.09. The summed E-state index contributed by atoms with van der Waals surface area (Å²) < 4.78 is 0. The van der Waals surface area contributed by atoms with Gasteiger partial charge in [-0.15, -0.1) is 0 Å². The first-order valence-corrected chi connectivity index (χ1v) is 5.61. The quantitative estimate of drug-likeness (QED) is 0.652. The SMILES string of the molecule is Cc1c(C(C)C)cc(Cl)cc1C(C)C. The van der Waals surface area contributed by atoms with Crippen LogP contribution in [0.1, 0.15) is 56.2 Å². The van der Waals surface area contributed by atoms with Crippen LogP contribution in [-0.4, -0.2) is 0 Å². The molecule has 14 heavy (non-hydrogen) atoms. The number of rotatable bonds is 2. The minimum absolute atomic E-state index is 0.547. The van der Waals surface area contributed by atoms with Gasteiger partial charge in [-0.05, 0) is 47.6 Å². The molecule has 0 unspecified atom stereocenters. The second-order valence-electron chi connectivity index (χ2n) is 4.52. The van der Waals surface area contributed by atoms with Gasteiger partial charge in [-0.1, -0.05) is 39.3 Å². The van der Waals surface area contributed by atoms with Crippen molar-refractivity contribution < 1.29 is 0 Å². The summed E-state index contributed by atoms with van der Waals surface area (Å²) in [6, 6.07) is 4.18. The first-order chi connectivity index (χ1) is 6.43. The van der Waals surface area contributed by atoms with Crippen molar-refractivity contribution in [2.24, 2.45) is 0 Å². The van der Waals surface area contributed by atoms with Gasteiger partial charge in [-0.2, -0.15) is 0 Å². The van der Waals surface area contributed by atoms with Gasteiger partial charge in [0.05, 0.1) is 0 Å². The van der Waals surface area contributed by atoms with Crippen LogP contribution in [-0.2, 0) is 0 Å². The third-order valence-corrected chi connectivity index (χ3v) is 2.92. The molecule has 1 rings (SSSR count). The first-order valence-electron chi connectivity index (χ1n) is 5.23. The van der Waals surface area contributed by atoms with E-state index in [-0.39, 0.29) is 0 Å². The molecule has 0 aliphatic carbocycles. The summed E-state index contributed by atoms with van der Waals surface area (Å²) in [6.07, 6.45) is 0. The number of halogens is 1. The predicted molar refractivity (Wildman–Crippen MR) is 64.4 cm³/mol. The Kier molecular flexibility index (Phi) is 3.60. The van der Waals surface area contributed by atoms with Crippen molar-refractivity contribution in [1.29, 1.82) is 0 Å². The second-order valence-corrected chi connectivity index (χ2v) is 4.96. The minimum atomic E-state index is 0.547. The van der Waals surface area contributed by atoms with Crippen molar-refractivity contribution in [3.8, 4) is 0 Å². The van der Waals surface area contributed by atoms with Gasteiger partial charge < -0.3 is 0 Å². The Balaban J connectivity index is 3.32. The molecule has 0 spiro atoms. The van der Waals surface area contributed by atoms with E-state index in [2.05, 4.69) is 46.8 Å². The van der Waals surface area contributed by atoms with Gasteiger partial charge in [-0.3, -0.25) is 0 Å². The van der Waals surface area contributed by atoms with Crippen LogP contribution in [0.3, 0.4) is 0 Å². The molecule has 0 fully saturated rings. The van der Waals surface area contributed by atoms with Gasteiger partial charge in [0.1, 0.15) is 0 Å². The first kappa shape index (κ1) is 11.6. The Morgan fingerprint density at radius 3 is 1.57 bits per heavy atom. The second kappa shape index (κ2) is 4.35. The lowest BCUT2D eigenvalue weighted by Gasteiger charge is -2.17.